The monoisotopic (exact) mass is 462 g/mol. The third-order valence-electron chi connectivity index (χ3n) is 6.10. The van der Waals surface area contributed by atoms with Gasteiger partial charge in [0.25, 0.3) is 0 Å². The van der Waals surface area contributed by atoms with Crippen molar-refractivity contribution in [2.75, 3.05) is 6.54 Å². The van der Waals surface area contributed by atoms with Gasteiger partial charge in [-0.15, -0.1) is 12.4 Å². The van der Waals surface area contributed by atoms with E-state index in [-0.39, 0.29) is 35.8 Å². The molecule has 6 heteroatoms. The van der Waals surface area contributed by atoms with E-state index >= 15 is 0 Å². The summed E-state index contributed by atoms with van der Waals surface area (Å²) in [5.41, 5.74) is 6.81. The van der Waals surface area contributed by atoms with Crippen molar-refractivity contribution in [3.8, 4) is 11.1 Å². The SMILES string of the molecule is CC(=O)c1cc2c(cc1C(C)=O)C(Cc1ccc(-c3cnccc3C(C)=O)cc1)NCC2.Cl. The zero-order valence-electron chi connectivity index (χ0n) is 19.0. The quantitative estimate of drug-likeness (QED) is 0.509. The molecule has 170 valence electrons. The first-order valence-corrected chi connectivity index (χ1v) is 10.8. The molecular formula is C27H27ClN2O3. The summed E-state index contributed by atoms with van der Waals surface area (Å²) in [6.45, 7) is 5.40. The third kappa shape index (κ3) is 5.10. The second-order valence-electron chi connectivity index (χ2n) is 8.34. The number of fused-ring (bicyclic) bond motifs is 1. The number of carbonyl (C=O) groups is 3. The lowest BCUT2D eigenvalue weighted by atomic mass is 9.85. The number of aromatic nitrogens is 1. The molecule has 0 amide bonds. The summed E-state index contributed by atoms with van der Waals surface area (Å²) < 4.78 is 0. The molecule has 1 aromatic heterocycles. The maximum absolute atomic E-state index is 12.2. The van der Waals surface area contributed by atoms with Crippen LogP contribution in [0.25, 0.3) is 11.1 Å². The summed E-state index contributed by atoms with van der Waals surface area (Å²) in [6, 6.07) is 13.8. The second kappa shape index (κ2) is 10.2. The Kier molecular flexibility index (Phi) is 7.57. The van der Waals surface area contributed by atoms with Crippen LogP contribution in [0.1, 0.15) is 74.6 Å². The molecule has 0 saturated carbocycles. The molecule has 0 saturated heterocycles. The first kappa shape index (κ1) is 24.5. The predicted molar refractivity (Wildman–Crippen MR) is 132 cm³/mol. The van der Waals surface area contributed by atoms with Crippen LogP contribution < -0.4 is 5.32 Å². The van der Waals surface area contributed by atoms with Gasteiger partial charge in [-0.3, -0.25) is 19.4 Å². The summed E-state index contributed by atoms with van der Waals surface area (Å²) in [7, 11) is 0. The Bertz CT molecular complexity index is 1220. The van der Waals surface area contributed by atoms with Gasteiger partial charge in [-0.25, -0.2) is 0 Å². The van der Waals surface area contributed by atoms with Crippen molar-refractivity contribution < 1.29 is 14.4 Å². The molecule has 33 heavy (non-hydrogen) atoms. The van der Waals surface area contributed by atoms with E-state index in [1.54, 1.807) is 25.4 Å². The number of ketones is 3. The fourth-order valence-electron chi connectivity index (χ4n) is 4.45. The van der Waals surface area contributed by atoms with Gasteiger partial charge in [-0.1, -0.05) is 24.3 Å². The second-order valence-corrected chi connectivity index (χ2v) is 8.34. The molecule has 0 aliphatic carbocycles. The number of benzene rings is 2. The first-order valence-electron chi connectivity index (χ1n) is 10.8. The largest absolute Gasteiger partial charge is 0.309 e. The normalized spacial score (nSPS) is 14.7. The number of pyridine rings is 1. The Hall–Kier alpha value is -3.15. The van der Waals surface area contributed by atoms with Crippen LogP contribution in [0, 0.1) is 0 Å². The number of carbonyl (C=O) groups excluding carboxylic acids is 3. The van der Waals surface area contributed by atoms with E-state index in [0.717, 1.165) is 47.2 Å². The molecule has 3 aromatic rings. The van der Waals surface area contributed by atoms with Gasteiger partial charge in [-0.05, 0) is 80.6 Å². The van der Waals surface area contributed by atoms with Gasteiger partial charge in [0.2, 0.25) is 0 Å². The number of Topliss-reactive ketones (excluding diaryl/α,β-unsaturated/α-hetero) is 3. The molecule has 2 aromatic carbocycles. The van der Waals surface area contributed by atoms with E-state index < -0.39 is 0 Å². The zero-order valence-corrected chi connectivity index (χ0v) is 19.8. The van der Waals surface area contributed by atoms with Gasteiger partial charge < -0.3 is 5.32 Å². The molecule has 1 aliphatic rings. The summed E-state index contributed by atoms with van der Waals surface area (Å²) in [5, 5.41) is 3.56. The number of nitrogens with one attached hydrogen (secondary N) is 1. The van der Waals surface area contributed by atoms with E-state index in [1.807, 2.05) is 24.3 Å². The van der Waals surface area contributed by atoms with Crippen LogP contribution in [0.5, 0.6) is 0 Å². The fourth-order valence-corrected chi connectivity index (χ4v) is 4.45. The number of rotatable bonds is 6. The Morgan fingerprint density at radius 2 is 1.55 bits per heavy atom. The molecule has 1 aliphatic heterocycles. The predicted octanol–water partition coefficient (Wildman–Crippen LogP) is 5.21. The topological polar surface area (TPSA) is 76.1 Å². The molecule has 1 unspecified atom stereocenters. The molecule has 0 radical (unpaired) electrons. The molecule has 0 bridgehead atoms. The average Bonchev–Trinajstić information content (AvgIpc) is 2.79. The fraction of sp³-hybridized carbons (Fsp3) is 0.259. The van der Waals surface area contributed by atoms with Crippen molar-refractivity contribution in [2.45, 2.75) is 39.7 Å². The van der Waals surface area contributed by atoms with Crippen LogP contribution in [-0.4, -0.2) is 28.9 Å². The highest BCUT2D eigenvalue weighted by molar-refractivity contribution is 6.07. The number of nitrogens with zero attached hydrogens (tertiary/aromatic N) is 1. The lowest BCUT2D eigenvalue weighted by Crippen LogP contribution is -2.32. The van der Waals surface area contributed by atoms with Crippen LogP contribution in [0.2, 0.25) is 0 Å². The Labute approximate surface area is 200 Å². The van der Waals surface area contributed by atoms with Crippen molar-refractivity contribution in [1.29, 1.82) is 0 Å². The van der Waals surface area contributed by atoms with Crippen molar-refractivity contribution in [2.24, 2.45) is 0 Å². The Morgan fingerprint density at radius 1 is 0.909 bits per heavy atom. The molecule has 5 nitrogen and oxygen atoms in total. The van der Waals surface area contributed by atoms with E-state index in [1.165, 1.54) is 13.8 Å². The molecule has 1 atom stereocenters. The third-order valence-corrected chi connectivity index (χ3v) is 6.10. The van der Waals surface area contributed by atoms with Crippen LogP contribution >= 0.6 is 12.4 Å². The highest BCUT2D eigenvalue weighted by Crippen LogP contribution is 2.30. The van der Waals surface area contributed by atoms with Crippen LogP contribution in [-0.2, 0) is 12.8 Å². The number of hydrogen-bond acceptors (Lipinski definition) is 5. The molecule has 0 spiro atoms. The van der Waals surface area contributed by atoms with Gasteiger partial charge in [0.1, 0.15) is 0 Å². The van der Waals surface area contributed by atoms with E-state index in [0.29, 0.717) is 16.7 Å². The van der Waals surface area contributed by atoms with E-state index in [4.69, 9.17) is 0 Å². The van der Waals surface area contributed by atoms with Gasteiger partial charge in [0, 0.05) is 40.7 Å². The lowest BCUT2D eigenvalue weighted by Gasteiger charge is -2.28. The molecule has 1 N–H and O–H groups in total. The highest BCUT2D eigenvalue weighted by atomic mass is 35.5. The molecular weight excluding hydrogens is 436 g/mol. The number of halogens is 1. The first-order chi connectivity index (χ1) is 15.3. The summed E-state index contributed by atoms with van der Waals surface area (Å²) >= 11 is 0. The number of hydrogen-bond donors (Lipinski definition) is 1. The Morgan fingerprint density at radius 3 is 2.18 bits per heavy atom. The summed E-state index contributed by atoms with van der Waals surface area (Å²) in [4.78, 5) is 40.3. The minimum Gasteiger partial charge on any atom is -0.309 e. The van der Waals surface area contributed by atoms with Crippen molar-refractivity contribution >= 4 is 29.8 Å². The van der Waals surface area contributed by atoms with Gasteiger partial charge >= 0.3 is 0 Å². The van der Waals surface area contributed by atoms with Crippen molar-refractivity contribution in [3.05, 3.63) is 88.2 Å². The minimum absolute atomic E-state index is 0. The summed E-state index contributed by atoms with van der Waals surface area (Å²) in [6.07, 6.45) is 4.95. The highest BCUT2D eigenvalue weighted by Gasteiger charge is 2.24. The lowest BCUT2D eigenvalue weighted by molar-refractivity contribution is 0.0980. The summed E-state index contributed by atoms with van der Waals surface area (Å²) in [5.74, 6) is -0.158. The maximum Gasteiger partial charge on any atom is 0.160 e. The Balaban J connectivity index is 0.00000306. The molecule has 4 rings (SSSR count). The smallest absolute Gasteiger partial charge is 0.160 e. The molecule has 0 fully saturated rings. The molecule has 2 heterocycles. The van der Waals surface area contributed by atoms with Gasteiger partial charge in [-0.2, -0.15) is 0 Å². The van der Waals surface area contributed by atoms with Crippen molar-refractivity contribution in [1.82, 2.24) is 10.3 Å². The standard InChI is InChI=1S/C27H26N2O3.ClH/c1-16(30)22-9-10-28-15-26(22)20-6-4-19(5-7-20)12-27-25-14-24(18(3)32)23(17(2)31)13-21(25)8-11-29-27;/h4-7,9-10,13-15,27,29H,8,11-12H2,1-3H3;1H. The van der Waals surface area contributed by atoms with E-state index in [9.17, 15) is 14.4 Å². The average molecular weight is 463 g/mol. The van der Waals surface area contributed by atoms with Crippen molar-refractivity contribution in [3.63, 3.8) is 0 Å². The maximum atomic E-state index is 12.2. The minimum atomic E-state index is -0.0931. The van der Waals surface area contributed by atoms with Gasteiger partial charge in [0.05, 0.1) is 0 Å². The van der Waals surface area contributed by atoms with Crippen LogP contribution in [0.15, 0.2) is 54.9 Å². The van der Waals surface area contributed by atoms with Crippen LogP contribution in [0.4, 0.5) is 0 Å². The zero-order chi connectivity index (χ0) is 22.8. The van der Waals surface area contributed by atoms with Gasteiger partial charge in [0.15, 0.2) is 17.3 Å². The van der Waals surface area contributed by atoms with Crippen LogP contribution in [0.3, 0.4) is 0 Å². The van der Waals surface area contributed by atoms with E-state index in [2.05, 4.69) is 22.4 Å².